The van der Waals surface area contributed by atoms with Gasteiger partial charge in [0.2, 0.25) is 0 Å². The lowest BCUT2D eigenvalue weighted by molar-refractivity contribution is 1.32. The molecule has 3 rings (SSSR count). The van der Waals surface area contributed by atoms with Gasteiger partial charge in [-0.15, -0.1) is 0 Å². The highest BCUT2D eigenvalue weighted by Crippen LogP contribution is 2.32. The Labute approximate surface area is 131 Å². The average molecular weight is 345 g/mol. The highest BCUT2D eigenvalue weighted by molar-refractivity contribution is 9.10. The highest BCUT2D eigenvalue weighted by atomic mass is 79.9. The molecule has 0 atom stereocenters. The van der Waals surface area contributed by atoms with Gasteiger partial charge in [-0.1, -0.05) is 57.9 Å². The van der Waals surface area contributed by atoms with E-state index in [1.54, 1.807) is 0 Å². The van der Waals surface area contributed by atoms with Crippen molar-refractivity contribution in [3.8, 4) is 22.4 Å². The number of aromatic nitrogens is 1. The number of benzene rings is 2. The first-order chi connectivity index (χ1) is 9.74. The molecule has 3 aromatic rings. The maximum Gasteiger partial charge on any atom is 0.0708 e. The molecule has 2 aromatic carbocycles. The zero-order valence-electron chi connectivity index (χ0n) is 10.6. The molecule has 0 saturated heterocycles. The Hall–Kier alpha value is -1.64. The number of hydrogen-bond acceptors (Lipinski definition) is 1. The molecule has 20 heavy (non-hydrogen) atoms. The summed E-state index contributed by atoms with van der Waals surface area (Å²) >= 11 is 9.66. The fourth-order valence-electron chi connectivity index (χ4n) is 2.08. The molecule has 1 heterocycles. The first-order valence-corrected chi connectivity index (χ1v) is 7.38. The van der Waals surface area contributed by atoms with E-state index in [4.69, 9.17) is 11.6 Å². The minimum atomic E-state index is 0.723. The van der Waals surface area contributed by atoms with Crippen molar-refractivity contribution in [2.45, 2.75) is 0 Å². The van der Waals surface area contributed by atoms with E-state index >= 15 is 0 Å². The van der Waals surface area contributed by atoms with E-state index in [1.807, 2.05) is 48.7 Å². The second-order valence-corrected chi connectivity index (χ2v) is 5.71. The number of rotatable bonds is 2. The third-order valence-electron chi connectivity index (χ3n) is 3.07. The van der Waals surface area contributed by atoms with Gasteiger partial charge in [0.25, 0.3) is 0 Å². The largest absolute Gasteiger partial charge is 0.256 e. The SMILES string of the molecule is Clc1ccc(Br)c(-c2ccnc(-c3ccccc3)c2)c1. The van der Waals surface area contributed by atoms with Crippen molar-refractivity contribution < 1.29 is 0 Å². The summed E-state index contributed by atoms with van der Waals surface area (Å²) in [4.78, 5) is 4.44. The minimum absolute atomic E-state index is 0.723. The Balaban J connectivity index is 2.10. The molecule has 1 aromatic heterocycles. The van der Waals surface area contributed by atoms with Crippen LogP contribution in [0.15, 0.2) is 71.3 Å². The quantitative estimate of drug-likeness (QED) is 0.570. The topological polar surface area (TPSA) is 12.9 Å². The Morgan fingerprint density at radius 3 is 2.45 bits per heavy atom. The molecule has 0 spiro atoms. The standard InChI is InChI=1S/C17H11BrClN/c18-16-7-6-14(19)11-15(16)13-8-9-20-17(10-13)12-4-2-1-3-5-12/h1-11H. The molecule has 0 unspecified atom stereocenters. The van der Waals surface area contributed by atoms with Gasteiger partial charge >= 0.3 is 0 Å². The van der Waals surface area contributed by atoms with Crippen molar-refractivity contribution in [1.82, 2.24) is 4.98 Å². The van der Waals surface area contributed by atoms with Gasteiger partial charge in [-0.2, -0.15) is 0 Å². The molecule has 0 aliphatic carbocycles. The molecular formula is C17H11BrClN. The molecule has 0 fully saturated rings. The van der Waals surface area contributed by atoms with Crippen LogP contribution in [0.3, 0.4) is 0 Å². The Morgan fingerprint density at radius 2 is 1.65 bits per heavy atom. The van der Waals surface area contributed by atoms with Crippen LogP contribution in [-0.4, -0.2) is 4.98 Å². The second-order valence-electron chi connectivity index (χ2n) is 4.42. The first kappa shape index (κ1) is 13.3. The molecule has 3 heteroatoms. The van der Waals surface area contributed by atoms with Crippen molar-refractivity contribution in [1.29, 1.82) is 0 Å². The lowest BCUT2D eigenvalue weighted by Crippen LogP contribution is -1.86. The van der Waals surface area contributed by atoms with Crippen LogP contribution < -0.4 is 0 Å². The van der Waals surface area contributed by atoms with Gasteiger partial charge in [-0.25, -0.2) is 0 Å². The van der Waals surface area contributed by atoms with Gasteiger partial charge in [0.1, 0.15) is 0 Å². The van der Waals surface area contributed by atoms with Crippen LogP contribution in [0.4, 0.5) is 0 Å². The van der Waals surface area contributed by atoms with E-state index in [0.717, 1.165) is 31.9 Å². The van der Waals surface area contributed by atoms with Crippen LogP contribution in [0.25, 0.3) is 22.4 Å². The van der Waals surface area contributed by atoms with Crippen molar-refractivity contribution >= 4 is 27.5 Å². The summed E-state index contributed by atoms with van der Waals surface area (Å²) in [6.45, 7) is 0. The summed E-state index contributed by atoms with van der Waals surface area (Å²) in [5.74, 6) is 0. The highest BCUT2D eigenvalue weighted by Gasteiger charge is 2.06. The van der Waals surface area contributed by atoms with Crippen LogP contribution in [-0.2, 0) is 0 Å². The summed E-state index contributed by atoms with van der Waals surface area (Å²) in [5, 5.41) is 0.723. The molecule has 0 N–H and O–H groups in total. The third-order valence-corrected chi connectivity index (χ3v) is 4.00. The molecule has 0 amide bonds. The van der Waals surface area contributed by atoms with Crippen molar-refractivity contribution in [3.63, 3.8) is 0 Å². The zero-order chi connectivity index (χ0) is 13.9. The van der Waals surface area contributed by atoms with Gasteiger partial charge < -0.3 is 0 Å². The monoisotopic (exact) mass is 343 g/mol. The first-order valence-electron chi connectivity index (χ1n) is 6.21. The molecular weight excluding hydrogens is 334 g/mol. The van der Waals surface area contributed by atoms with Gasteiger partial charge in [0, 0.05) is 21.3 Å². The lowest BCUT2D eigenvalue weighted by atomic mass is 10.0. The van der Waals surface area contributed by atoms with Gasteiger partial charge in [-0.05, 0) is 41.5 Å². The van der Waals surface area contributed by atoms with Gasteiger partial charge in [-0.3, -0.25) is 4.98 Å². The smallest absolute Gasteiger partial charge is 0.0708 e. The molecule has 0 radical (unpaired) electrons. The molecule has 0 bridgehead atoms. The maximum atomic E-state index is 6.09. The molecule has 0 saturated carbocycles. The number of pyridine rings is 1. The van der Waals surface area contributed by atoms with E-state index in [-0.39, 0.29) is 0 Å². The molecule has 0 aliphatic rings. The van der Waals surface area contributed by atoms with Crippen LogP contribution >= 0.6 is 27.5 Å². The lowest BCUT2D eigenvalue weighted by Gasteiger charge is -2.07. The van der Waals surface area contributed by atoms with Crippen LogP contribution in [0.2, 0.25) is 5.02 Å². The molecule has 98 valence electrons. The van der Waals surface area contributed by atoms with Crippen LogP contribution in [0, 0.1) is 0 Å². The summed E-state index contributed by atoms with van der Waals surface area (Å²) in [6, 6.07) is 20.0. The maximum absolute atomic E-state index is 6.09. The number of nitrogens with zero attached hydrogens (tertiary/aromatic N) is 1. The predicted molar refractivity (Wildman–Crippen MR) is 87.8 cm³/mol. The Bertz CT molecular complexity index is 741. The summed E-state index contributed by atoms with van der Waals surface area (Å²) < 4.78 is 1.02. The van der Waals surface area contributed by atoms with Gasteiger partial charge in [0.05, 0.1) is 5.69 Å². The van der Waals surface area contributed by atoms with Crippen molar-refractivity contribution in [3.05, 3.63) is 76.4 Å². The normalized spacial score (nSPS) is 10.5. The number of hydrogen-bond donors (Lipinski definition) is 0. The van der Waals surface area contributed by atoms with E-state index in [9.17, 15) is 0 Å². The van der Waals surface area contributed by atoms with E-state index < -0.39 is 0 Å². The van der Waals surface area contributed by atoms with E-state index in [2.05, 4.69) is 39.1 Å². The van der Waals surface area contributed by atoms with E-state index in [0.29, 0.717) is 0 Å². The third kappa shape index (κ3) is 2.77. The van der Waals surface area contributed by atoms with Gasteiger partial charge in [0.15, 0.2) is 0 Å². The van der Waals surface area contributed by atoms with Crippen molar-refractivity contribution in [2.75, 3.05) is 0 Å². The summed E-state index contributed by atoms with van der Waals surface area (Å²) in [5.41, 5.74) is 4.22. The Morgan fingerprint density at radius 1 is 0.850 bits per heavy atom. The zero-order valence-corrected chi connectivity index (χ0v) is 12.9. The molecule has 0 aliphatic heterocycles. The summed E-state index contributed by atoms with van der Waals surface area (Å²) in [7, 11) is 0. The van der Waals surface area contributed by atoms with Crippen molar-refractivity contribution in [2.24, 2.45) is 0 Å². The molecule has 1 nitrogen and oxygen atoms in total. The Kier molecular flexibility index (Phi) is 3.86. The fraction of sp³-hybridized carbons (Fsp3) is 0. The van der Waals surface area contributed by atoms with E-state index in [1.165, 1.54) is 0 Å². The minimum Gasteiger partial charge on any atom is -0.256 e. The van der Waals surface area contributed by atoms with Crippen LogP contribution in [0.5, 0.6) is 0 Å². The summed E-state index contributed by atoms with van der Waals surface area (Å²) in [6.07, 6.45) is 1.82. The number of halogens is 2. The average Bonchev–Trinajstić information content (AvgIpc) is 2.51. The fourth-order valence-corrected chi connectivity index (χ4v) is 2.73. The second kappa shape index (κ2) is 5.78. The van der Waals surface area contributed by atoms with Crippen LogP contribution in [0.1, 0.15) is 0 Å². The predicted octanol–water partition coefficient (Wildman–Crippen LogP) is 5.83.